The number of nitrogens with one attached hydrogen (secondary N) is 2. The van der Waals surface area contributed by atoms with Gasteiger partial charge in [0.25, 0.3) is 0 Å². The molecule has 0 radical (unpaired) electrons. The first-order valence-electron chi connectivity index (χ1n) is 11.8. The Morgan fingerprint density at radius 3 is 1.24 bits per heavy atom. The first kappa shape index (κ1) is 28.9. The van der Waals surface area contributed by atoms with Gasteiger partial charge in [-0.15, -0.1) is 0 Å². The molecule has 4 N–H and O–H groups in total. The van der Waals surface area contributed by atoms with Crippen molar-refractivity contribution < 1.29 is 19.8 Å². The highest BCUT2D eigenvalue weighted by molar-refractivity contribution is 6.33. The van der Waals surface area contributed by atoms with Crippen molar-refractivity contribution in [3.05, 3.63) is 46.5 Å². The maximum atomic E-state index is 13.4. The summed E-state index contributed by atoms with van der Waals surface area (Å²) in [5, 5.41) is 27.0. The first-order chi connectivity index (χ1) is 16.2. The summed E-state index contributed by atoms with van der Waals surface area (Å²) in [5.41, 5.74) is 1.15. The second-order valence-electron chi connectivity index (χ2n) is 7.88. The molecule has 8 nitrogen and oxygen atoms in total. The van der Waals surface area contributed by atoms with E-state index in [-0.39, 0.29) is 33.8 Å². The molecule has 0 aromatic heterocycles. The minimum absolute atomic E-state index is 0.159. The van der Waals surface area contributed by atoms with Crippen LogP contribution in [0.2, 0.25) is 0 Å². The smallest absolute Gasteiger partial charge is 0.200 e. The van der Waals surface area contributed by atoms with Crippen LogP contribution in [0.3, 0.4) is 0 Å². The molecule has 188 valence electrons. The molecular formula is C26H40N4O4. The van der Waals surface area contributed by atoms with Gasteiger partial charge < -0.3 is 30.6 Å². The molecule has 0 saturated carbocycles. The molecule has 2 aromatic carbocycles. The zero-order valence-corrected chi connectivity index (χ0v) is 21.7. The van der Waals surface area contributed by atoms with Gasteiger partial charge in [0.15, 0.2) is 0 Å². The number of fused-ring (bicyclic) bond motifs is 2. The second kappa shape index (κ2) is 13.6. The number of ketones is 2. The highest BCUT2D eigenvalue weighted by atomic mass is 16.3. The van der Waals surface area contributed by atoms with Crippen molar-refractivity contribution in [1.82, 2.24) is 9.80 Å². The normalized spacial score (nSPS) is 11.7. The van der Waals surface area contributed by atoms with Gasteiger partial charge in [-0.1, -0.05) is 27.7 Å². The van der Waals surface area contributed by atoms with Crippen LogP contribution in [0.4, 0.5) is 11.4 Å². The predicted octanol–water partition coefficient (Wildman–Crippen LogP) is 3.87. The zero-order valence-electron chi connectivity index (χ0n) is 21.7. The predicted molar refractivity (Wildman–Crippen MR) is 140 cm³/mol. The van der Waals surface area contributed by atoms with Gasteiger partial charge >= 0.3 is 0 Å². The van der Waals surface area contributed by atoms with Crippen molar-refractivity contribution in [3.63, 3.8) is 0 Å². The van der Waals surface area contributed by atoms with Gasteiger partial charge in [0, 0.05) is 37.6 Å². The molecule has 2 aromatic rings. The van der Waals surface area contributed by atoms with Crippen LogP contribution < -0.4 is 10.6 Å². The van der Waals surface area contributed by atoms with E-state index in [1.165, 1.54) is 12.1 Å². The lowest BCUT2D eigenvalue weighted by Gasteiger charge is -2.25. The lowest BCUT2D eigenvalue weighted by atomic mass is 9.81. The van der Waals surface area contributed by atoms with Gasteiger partial charge in [0.2, 0.25) is 11.6 Å². The van der Waals surface area contributed by atoms with Crippen LogP contribution in [0.15, 0.2) is 24.3 Å². The molecule has 0 heterocycles. The Kier molecular flexibility index (Phi) is 11.5. The third-order valence-electron chi connectivity index (χ3n) is 5.02. The molecule has 1 aliphatic rings. The fourth-order valence-corrected chi connectivity index (χ4v) is 3.49. The Hall–Kier alpha value is -3.10. The van der Waals surface area contributed by atoms with Crippen LogP contribution in [0, 0.1) is 0 Å². The van der Waals surface area contributed by atoms with Crippen molar-refractivity contribution in [3.8, 4) is 11.5 Å². The van der Waals surface area contributed by atoms with E-state index in [1.807, 2.05) is 65.7 Å². The maximum absolute atomic E-state index is 13.4. The second-order valence-corrected chi connectivity index (χ2v) is 7.88. The summed E-state index contributed by atoms with van der Waals surface area (Å²) in [7, 11) is 7.78. The third-order valence-corrected chi connectivity index (χ3v) is 5.02. The standard InChI is InChI=1S/C22H28N4O4.2C2H6/c1-25(2)11-9-23-13-5-6-14(24-10-12-26(3)4)18-17(13)21(29)19-15(27)7-8-16(28)20(19)22(18)30;2*1-2/h5-8,23-24,27-28H,9-12H2,1-4H3;2*1-2H3. The lowest BCUT2D eigenvalue weighted by molar-refractivity contribution is 0.0975. The monoisotopic (exact) mass is 472 g/mol. The van der Waals surface area contributed by atoms with Gasteiger partial charge in [-0.05, 0) is 52.5 Å². The number of carbonyl (C=O) groups is 2. The van der Waals surface area contributed by atoms with E-state index in [2.05, 4.69) is 10.6 Å². The van der Waals surface area contributed by atoms with Crippen LogP contribution in [0.25, 0.3) is 0 Å². The zero-order chi connectivity index (χ0) is 26.0. The van der Waals surface area contributed by atoms with Crippen molar-refractivity contribution in [2.45, 2.75) is 27.7 Å². The van der Waals surface area contributed by atoms with E-state index in [0.717, 1.165) is 13.1 Å². The fraction of sp³-hybridized carbons (Fsp3) is 0.462. The third kappa shape index (κ3) is 6.48. The van der Waals surface area contributed by atoms with E-state index in [9.17, 15) is 19.8 Å². The van der Waals surface area contributed by atoms with Gasteiger partial charge in [-0.2, -0.15) is 0 Å². The van der Waals surface area contributed by atoms with Crippen molar-refractivity contribution in [2.24, 2.45) is 0 Å². The number of phenolic OH excluding ortho intramolecular Hbond substituents is 2. The summed E-state index contributed by atoms with van der Waals surface area (Å²) in [6.07, 6.45) is 0. The lowest BCUT2D eigenvalue weighted by Crippen LogP contribution is -2.27. The summed E-state index contributed by atoms with van der Waals surface area (Å²) in [6, 6.07) is 5.98. The average Bonchev–Trinajstić information content (AvgIpc) is 2.81. The Labute approximate surface area is 203 Å². The highest BCUT2D eigenvalue weighted by Gasteiger charge is 2.37. The van der Waals surface area contributed by atoms with E-state index in [1.54, 1.807) is 12.1 Å². The Bertz CT molecular complexity index is 909. The molecule has 0 unspecified atom stereocenters. The molecule has 0 fully saturated rings. The molecular weight excluding hydrogens is 432 g/mol. The van der Waals surface area contributed by atoms with Crippen LogP contribution in [0.5, 0.6) is 11.5 Å². The van der Waals surface area contributed by atoms with Crippen molar-refractivity contribution >= 4 is 22.9 Å². The average molecular weight is 473 g/mol. The number of rotatable bonds is 8. The topological polar surface area (TPSA) is 105 Å². The Balaban J connectivity index is 0.00000137. The minimum Gasteiger partial charge on any atom is -0.507 e. The number of anilines is 2. The van der Waals surface area contributed by atoms with Crippen LogP contribution in [-0.2, 0) is 0 Å². The number of hydrogen-bond acceptors (Lipinski definition) is 8. The molecule has 1 aliphatic carbocycles. The fourth-order valence-electron chi connectivity index (χ4n) is 3.49. The first-order valence-corrected chi connectivity index (χ1v) is 11.8. The van der Waals surface area contributed by atoms with E-state index in [0.29, 0.717) is 24.5 Å². The summed E-state index contributed by atoms with van der Waals surface area (Å²) in [6.45, 7) is 10.6. The quantitative estimate of drug-likeness (QED) is 0.366. The Morgan fingerprint density at radius 1 is 0.618 bits per heavy atom. The maximum Gasteiger partial charge on any atom is 0.200 e. The number of hydrogen-bond donors (Lipinski definition) is 4. The SMILES string of the molecule is CC.CC.CN(C)CCNc1ccc(NCCN(C)C)c2c1C(=O)c1c(O)ccc(O)c1C2=O. The molecule has 3 rings (SSSR count). The molecule has 0 spiro atoms. The number of carbonyl (C=O) groups excluding carboxylic acids is 2. The molecule has 0 bridgehead atoms. The molecule has 0 amide bonds. The molecule has 0 atom stereocenters. The van der Waals surface area contributed by atoms with Crippen LogP contribution >= 0.6 is 0 Å². The number of aromatic hydroxyl groups is 2. The van der Waals surface area contributed by atoms with E-state index in [4.69, 9.17) is 0 Å². The van der Waals surface area contributed by atoms with E-state index >= 15 is 0 Å². The number of benzene rings is 2. The largest absolute Gasteiger partial charge is 0.507 e. The minimum atomic E-state index is -0.489. The Morgan fingerprint density at radius 2 is 0.941 bits per heavy atom. The summed E-state index contributed by atoms with van der Waals surface area (Å²) < 4.78 is 0. The molecule has 8 heteroatoms. The van der Waals surface area contributed by atoms with Gasteiger partial charge in [-0.25, -0.2) is 0 Å². The van der Waals surface area contributed by atoms with Crippen LogP contribution in [-0.4, -0.2) is 85.9 Å². The van der Waals surface area contributed by atoms with Crippen LogP contribution in [0.1, 0.15) is 59.5 Å². The van der Waals surface area contributed by atoms with Gasteiger partial charge in [-0.3, -0.25) is 9.59 Å². The highest BCUT2D eigenvalue weighted by Crippen LogP contribution is 2.42. The summed E-state index contributed by atoms with van der Waals surface area (Å²) in [5.74, 6) is -1.62. The molecule has 0 saturated heterocycles. The van der Waals surface area contributed by atoms with Crippen molar-refractivity contribution in [2.75, 3.05) is 65.0 Å². The molecule has 0 aliphatic heterocycles. The van der Waals surface area contributed by atoms with Gasteiger partial charge in [0.05, 0.1) is 22.3 Å². The number of nitrogens with zero attached hydrogens (tertiary/aromatic N) is 2. The van der Waals surface area contributed by atoms with Crippen molar-refractivity contribution in [1.29, 1.82) is 0 Å². The number of phenols is 2. The summed E-state index contributed by atoms with van der Waals surface area (Å²) in [4.78, 5) is 30.7. The van der Waals surface area contributed by atoms with E-state index < -0.39 is 11.6 Å². The number of likely N-dealkylation sites (N-methyl/N-ethyl adjacent to an activating group) is 2. The van der Waals surface area contributed by atoms with Gasteiger partial charge in [0.1, 0.15) is 11.5 Å². The molecule has 34 heavy (non-hydrogen) atoms. The summed E-state index contributed by atoms with van der Waals surface area (Å²) >= 11 is 0.